The van der Waals surface area contributed by atoms with Crippen molar-refractivity contribution in [2.24, 2.45) is 0 Å². The minimum atomic E-state index is -0.144. The molecule has 0 fully saturated rings. The van der Waals surface area contributed by atoms with E-state index < -0.39 is 0 Å². The van der Waals surface area contributed by atoms with E-state index in [1.54, 1.807) is 47.6 Å². The normalized spacial score (nSPS) is 10.6. The summed E-state index contributed by atoms with van der Waals surface area (Å²) in [5.74, 6) is 0.492. The lowest BCUT2D eigenvalue weighted by atomic mass is 10.1. The van der Waals surface area contributed by atoms with Gasteiger partial charge in [0.05, 0.1) is 13.7 Å². The van der Waals surface area contributed by atoms with Gasteiger partial charge in [0.15, 0.2) is 0 Å². The molecule has 2 aromatic carbocycles. The van der Waals surface area contributed by atoms with E-state index in [0.29, 0.717) is 30.9 Å². The Morgan fingerprint density at radius 3 is 2.25 bits per heavy atom. The van der Waals surface area contributed by atoms with Crippen LogP contribution in [0.25, 0.3) is 0 Å². The molecule has 0 saturated carbocycles. The van der Waals surface area contributed by atoms with Gasteiger partial charge in [-0.2, -0.15) is 0 Å². The van der Waals surface area contributed by atoms with Crippen LogP contribution in [0.1, 0.15) is 39.7 Å². The van der Waals surface area contributed by atoms with Gasteiger partial charge in [0.25, 0.3) is 5.91 Å². The van der Waals surface area contributed by atoms with E-state index in [9.17, 15) is 9.59 Å². The quantitative estimate of drug-likeness (QED) is 0.429. The van der Waals surface area contributed by atoms with E-state index in [2.05, 4.69) is 13.0 Å². The lowest BCUT2D eigenvalue weighted by Crippen LogP contribution is -2.42. The van der Waals surface area contributed by atoms with Crippen molar-refractivity contribution in [3.8, 4) is 5.75 Å². The molecule has 0 bridgehead atoms. The van der Waals surface area contributed by atoms with Crippen LogP contribution in [0.15, 0.2) is 66.0 Å². The summed E-state index contributed by atoms with van der Waals surface area (Å²) < 4.78 is 5.18. The van der Waals surface area contributed by atoms with Gasteiger partial charge >= 0.3 is 0 Å². The number of hydrogen-bond acceptors (Lipinski definition) is 4. The van der Waals surface area contributed by atoms with Crippen molar-refractivity contribution in [1.82, 2.24) is 9.80 Å². The molecule has 0 aliphatic carbocycles. The third-order valence-electron chi connectivity index (χ3n) is 5.32. The molecule has 0 aliphatic heterocycles. The molecule has 6 heteroatoms. The highest BCUT2D eigenvalue weighted by molar-refractivity contribution is 7.10. The van der Waals surface area contributed by atoms with Gasteiger partial charge in [-0.3, -0.25) is 9.59 Å². The molecular formula is C26H30N2O3S. The predicted octanol–water partition coefficient (Wildman–Crippen LogP) is 5.15. The zero-order chi connectivity index (χ0) is 22.9. The molecule has 0 aliphatic rings. The van der Waals surface area contributed by atoms with E-state index in [1.165, 1.54) is 5.56 Å². The van der Waals surface area contributed by atoms with Crippen LogP contribution >= 0.6 is 11.3 Å². The number of amides is 2. The van der Waals surface area contributed by atoms with Crippen LogP contribution in [0.3, 0.4) is 0 Å². The number of carbonyl (C=O) groups excluding carboxylic acids is 2. The smallest absolute Gasteiger partial charge is 0.254 e. The average molecular weight is 451 g/mol. The van der Waals surface area contributed by atoms with Crippen LogP contribution in [0.2, 0.25) is 0 Å². The lowest BCUT2D eigenvalue weighted by Gasteiger charge is -2.28. The number of thiophene rings is 1. The van der Waals surface area contributed by atoms with Crippen molar-refractivity contribution in [3.05, 3.63) is 87.6 Å². The molecular weight excluding hydrogens is 420 g/mol. The number of aryl methyl sites for hydroxylation is 1. The van der Waals surface area contributed by atoms with Gasteiger partial charge < -0.3 is 14.5 Å². The third-order valence-corrected chi connectivity index (χ3v) is 6.32. The van der Waals surface area contributed by atoms with E-state index >= 15 is 0 Å². The highest BCUT2D eigenvalue weighted by atomic mass is 32.1. The molecule has 0 radical (unpaired) electrons. The summed E-state index contributed by atoms with van der Waals surface area (Å²) in [6, 6.07) is 19.0. The summed E-state index contributed by atoms with van der Waals surface area (Å²) in [6.45, 7) is 5.69. The minimum absolute atomic E-state index is 0.0515. The topological polar surface area (TPSA) is 49.9 Å². The number of ether oxygens (including phenoxy) is 1. The van der Waals surface area contributed by atoms with Crippen molar-refractivity contribution in [1.29, 1.82) is 0 Å². The molecule has 0 saturated heterocycles. The van der Waals surface area contributed by atoms with E-state index in [4.69, 9.17) is 4.74 Å². The van der Waals surface area contributed by atoms with Crippen LogP contribution in [0.4, 0.5) is 0 Å². The van der Waals surface area contributed by atoms with Crippen molar-refractivity contribution < 1.29 is 14.3 Å². The standard InChI is InChI=1S/C26H30N2O3S/c1-4-15-27(26(30)22-10-12-23(31-3)13-11-22)19-25(29)28(17-21-8-6-5-7-9-21)18-24-20(2)14-16-32-24/h5-14,16H,4,15,17-19H2,1-3H3. The molecule has 168 valence electrons. The number of rotatable bonds is 10. The first-order valence-corrected chi connectivity index (χ1v) is 11.7. The van der Waals surface area contributed by atoms with Gasteiger partial charge in [0.2, 0.25) is 5.91 Å². The van der Waals surface area contributed by atoms with Crippen molar-refractivity contribution >= 4 is 23.2 Å². The molecule has 3 aromatic rings. The highest BCUT2D eigenvalue weighted by Crippen LogP contribution is 2.20. The summed E-state index contributed by atoms with van der Waals surface area (Å²) >= 11 is 1.66. The predicted molar refractivity (Wildman–Crippen MR) is 129 cm³/mol. The Balaban J connectivity index is 1.78. The molecule has 5 nitrogen and oxygen atoms in total. The van der Waals surface area contributed by atoms with E-state index in [1.807, 2.05) is 47.5 Å². The summed E-state index contributed by atoms with van der Waals surface area (Å²) in [5, 5.41) is 2.05. The number of methoxy groups -OCH3 is 1. The molecule has 0 spiro atoms. The lowest BCUT2D eigenvalue weighted by molar-refractivity contribution is -0.133. The first-order valence-electron chi connectivity index (χ1n) is 10.8. The molecule has 32 heavy (non-hydrogen) atoms. The molecule has 0 N–H and O–H groups in total. The molecule has 0 atom stereocenters. The maximum Gasteiger partial charge on any atom is 0.254 e. The fourth-order valence-corrected chi connectivity index (χ4v) is 4.40. The van der Waals surface area contributed by atoms with Gasteiger partial charge in [-0.1, -0.05) is 37.3 Å². The van der Waals surface area contributed by atoms with Gasteiger partial charge in [0.1, 0.15) is 12.3 Å². The van der Waals surface area contributed by atoms with E-state index in [0.717, 1.165) is 16.9 Å². The van der Waals surface area contributed by atoms with E-state index in [-0.39, 0.29) is 18.4 Å². The number of nitrogens with zero attached hydrogens (tertiary/aromatic N) is 2. The first kappa shape index (κ1) is 23.5. The zero-order valence-corrected chi connectivity index (χ0v) is 19.7. The monoisotopic (exact) mass is 450 g/mol. The Hall–Kier alpha value is -3.12. The Bertz CT molecular complexity index is 1020. The van der Waals surface area contributed by atoms with Crippen LogP contribution in [-0.4, -0.2) is 41.8 Å². The van der Waals surface area contributed by atoms with Gasteiger partial charge in [-0.25, -0.2) is 0 Å². The van der Waals surface area contributed by atoms with Crippen molar-refractivity contribution in [2.75, 3.05) is 20.2 Å². The summed E-state index contributed by atoms with van der Waals surface area (Å²) in [7, 11) is 1.59. The summed E-state index contributed by atoms with van der Waals surface area (Å²) in [5.41, 5.74) is 2.80. The fourth-order valence-electron chi connectivity index (χ4n) is 3.48. The maximum absolute atomic E-state index is 13.4. The molecule has 1 aromatic heterocycles. The van der Waals surface area contributed by atoms with Gasteiger partial charge in [-0.15, -0.1) is 11.3 Å². The Morgan fingerprint density at radius 2 is 1.66 bits per heavy atom. The van der Waals surface area contributed by atoms with Gasteiger partial charge in [0, 0.05) is 23.5 Å². The van der Waals surface area contributed by atoms with Gasteiger partial charge in [-0.05, 0) is 60.2 Å². The number of hydrogen-bond donors (Lipinski definition) is 0. The largest absolute Gasteiger partial charge is 0.497 e. The summed E-state index contributed by atoms with van der Waals surface area (Å²) in [6.07, 6.45) is 0.776. The second-order valence-corrected chi connectivity index (χ2v) is 8.72. The molecule has 2 amide bonds. The number of carbonyl (C=O) groups is 2. The zero-order valence-electron chi connectivity index (χ0n) is 18.9. The molecule has 1 heterocycles. The highest BCUT2D eigenvalue weighted by Gasteiger charge is 2.23. The SMILES string of the molecule is CCCN(CC(=O)N(Cc1ccccc1)Cc1sccc1C)C(=O)c1ccc(OC)cc1. The van der Waals surface area contributed by atoms with Crippen molar-refractivity contribution in [3.63, 3.8) is 0 Å². The fraction of sp³-hybridized carbons (Fsp3) is 0.308. The Morgan fingerprint density at radius 1 is 0.938 bits per heavy atom. The summed E-state index contributed by atoms with van der Waals surface area (Å²) in [4.78, 5) is 31.2. The maximum atomic E-state index is 13.4. The second kappa shape index (κ2) is 11.5. The minimum Gasteiger partial charge on any atom is -0.497 e. The van der Waals surface area contributed by atoms with Crippen LogP contribution in [0, 0.1) is 6.92 Å². The first-order chi connectivity index (χ1) is 15.5. The Kier molecular flexibility index (Phi) is 8.45. The third kappa shape index (κ3) is 6.20. The van der Waals surface area contributed by atoms with Crippen LogP contribution < -0.4 is 4.74 Å². The Labute approximate surface area is 194 Å². The molecule has 0 unspecified atom stereocenters. The van der Waals surface area contributed by atoms with Crippen LogP contribution in [0.5, 0.6) is 5.75 Å². The number of benzene rings is 2. The second-order valence-electron chi connectivity index (χ2n) is 7.72. The van der Waals surface area contributed by atoms with Crippen molar-refractivity contribution in [2.45, 2.75) is 33.4 Å². The molecule has 3 rings (SSSR count). The average Bonchev–Trinajstić information content (AvgIpc) is 3.22. The van der Waals surface area contributed by atoms with Crippen LogP contribution in [-0.2, 0) is 17.9 Å².